The van der Waals surface area contributed by atoms with Gasteiger partial charge in [0.25, 0.3) is 0 Å². The third kappa shape index (κ3) is 1.64. The molecule has 0 aromatic heterocycles. The van der Waals surface area contributed by atoms with E-state index in [0.29, 0.717) is 30.5 Å². The fourth-order valence-corrected chi connectivity index (χ4v) is 1.28. The SMILES string of the molecule is CC(=O)Oc1cccc2c1OCCO2. The van der Waals surface area contributed by atoms with Gasteiger partial charge in [0.2, 0.25) is 5.75 Å². The molecule has 0 radical (unpaired) electrons. The summed E-state index contributed by atoms with van der Waals surface area (Å²) in [5, 5.41) is 0. The van der Waals surface area contributed by atoms with Crippen LogP contribution in [0.25, 0.3) is 0 Å². The van der Waals surface area contributed by atoms with Crippen LogP contribution in [0, 0.1) is 0 Å². The number of rotatable bonds is 1. The molecule has 0 saturated carbocycles. The van der Waals surface area contributed by atoms with Crippen LogP contribution in [0.2, 0.25) is 0 Å². The van der Waals surface area contributed by atoms with Gasteiger partial charge >= 0.3 is 5.97 Å². The molecule has 0 unspecified atom stereocenters. The second-order valence-corrected chi connectivity index (χ2v) is 2.87. The van der Waals surface area contributed by atoms with Crippen molar-refractivity contribution in [2.75, 3.05) is 13.2 Å². The number of ether oxygens (including phenoxy) is 3. The van der Waals surface area contributed by atoms with Gasteiger partial charge in [0.1, 0.15) is 13.2 Å². The van der Waals surface area contributed by atoms with E-state index in [1.165, 1.54) is 6.92 Å². The van der Waals surface area contributed by atoms with Gasteiger partial charge < -0.3 is 14.2 Å². The number of para-hydroxylation sites is 1. The van der Waals surface area contributed by atoms with Crippen molar-refractivity contribution in [2.24, 2.45) is 0 Å². The lowest BCUT2D eigenvalue weighted by atomic mass is 10.3. The minimum Gasteiger partial charge on any atom is -0.486 e. The van der Waals surface area contributed by atoms with E-state index < -0.39 is 0 Å². The molecule has 0 atom stereocenters. The number of hydrogen-bond donors (Lipinski definition) is 0. The van der Waals surface area contributed by atoms with Crippen LogP contribution >= 0.6 is 0 Å². The molecule has 1 aliphatic rings. The second kappa shape index (κ2) is 3.57. The van der Waals surface area contributed by atoms with Crippen LogP contribution in [0.15, 0.2) is 18.2 Å². The van der Waals surface area contributed by atoms with E-state index in [4.69, 9.17) is 14.2 Å². The first-order chi connectivity index (χ1) is 6.77. The quantitative estimate of drug-likeness (QED) is 0.500. The summed E-state index contributed by atoms with van der Waals surface area (Å²) in [6.45, 7) is 2.35. The molecular formula is C10H10O4. The van der Waals surface area contributed by atoms with Crippen molar-refractivity contribution < 1.29 is 19.0 Å². The maximum absolute atomic E-state index is 10.8. The van der Waals surface area contributed by atoms with Crippen molar-refractivity contribution in [3.05, 3.63) is 18.2 Å². The first-order valence-electron chi connectivity index (χ1n) is 4.34. The molecule has 0 N–H and O–H groups in total. The zero-order valence-corrected chi connectivity index (χ0v) is 7.78. The molecule has 74 valence electrons. The number of benzene rings is 1. The molecule has 0 amide bonds. The van der Waals surface area contributed by atoms with Crippen LogP contribution in [0.1, 0.15) is 6.92 Å². The molecule has 14 heavy (non-hydrogen) atoms. The summed E-state index contributed by atoms with van der Waals surface area (Å²) in [7, 11) is 0. The molecule has 0 saturated heterocycles. The molecule has 4 heteroatoms. The zero-order chi connectivity index (χ0) is 9.97. The van der Waals surface area contributed by atoms with Crippen LogP contribution in [0.4, 0.5) is 0 Å². The Kier molecular flexibility index (Phi) is 2.26. The zero-order valence-electron chi connectivity index (χ0n) is 7.78. The average molecular weight is 194 g/mol. The van der Waals surface area contributed by atoms with Crippen molar-refractivity contribution in [2.45, 2.75) is 6.92 Å². The maximum Gasteiger partial charge on any atom is 0.308 e. The summed E-state index contributed by atoms with van der Waals surface area (Å²) in [4.78, 5) is 10.8. The Labute approximate surface area is 81.4 Å². The fourth-order valence-electron chi connectivity index (χ4n) is 1.28. The van der Waals surface area contributed by atoms with Gasteiger partial charge in [0, 0.05) is 6.92 Å². The molecular weight excluding hydrogens is 184 g/mol. The lowest BCUT2D eigenvalue weighted by Crippen LogP contribution is -2.16. The molecule has 0 fully saturated rings. The Balaban J connectivity index is 2.35. The summed E-state index contributed by atoms with van der Waals surface area (Å²) >= 11 is 0. The highest BCUT2D eigenvalue weighted by atomic mass is 16.6. The van der Waals surface area contributed by atoms with Crippen LogP contribution in [-0.2, 0) is 4.79 Å². The molecule has 0 spiro atoms. The molecule has 0 aliphatic carbocycles. The van der Waals surface area contributed by atoms with Crippen LogP contribution in [-0.4, -0.2) is 19.2 Å². The van der Waals surface area contributed by atoms with Gasteiger partial charge in [-0.15, -0.1) is 0 Å². The average Bonchev–Trinajstić information content (AvgIpc) is 2.18. The van der Waals surface area contributed by atoms with Gasteiger partial charge in [0.15, 0.2) is 11.5 Å². The van der Waals surface area contributed by atoms with E-state index in [-0.39, 0.29) is 5.97 Å². The van der Waals surface area contributed by atoms with Gasteiger partial charge in [-0.3, -0.25) is 4.79 Å². The number of esters is 1. The van der Waals surface area contributed by atoms with Gasteiger partial charge in [0.05, 0.1) is 0 Å². The van der Waals surface area contributed by atoms with Gasteiger partial charge in [-0.2, -0.15) is 0 Å². The first-order valence-corrected chi connectivity index (χ1v) is 4.34. The highest BCUT2D eigenvalue weighted by molar-refractivity contribution is 5.71. The first kappa shape index (κ1) is 8.87. The Morgan fingerprint density at radius 3 is 2.93 bits per heavy atom. The molecule has 1 aromatic rings. The van der Waals surface area contributed by atoms with Crippen molar-refractivity contribution in [1.82, 2.24) is 0 Å². The van der Waals surface area contributed by atoms with E-state index in [1.807, 2.05) is 0 Å². The third-order valence-corrected chi connectivity index (χ3v) is 1.78. The highest BCUT2D eigenvalue weighted by Crippen LogP contribution is 2.38. The van der Waals surface area contributed by atoms with Gasteiger partial charge in [-0.05, 0) is 12.1 Å². The minimum atomic E-state index is -0.368. The van der Waals surface area contributed by atoms with Crippen molar-refractivity contribution in [1.29, 1.82) is 0 Å². The van der Waals surface area contributed by atoms with Crippen LogP contribution in [0.3, 0.4) is 0 Å². The van der Waals surface area contributed by atoms with E-state index in [1.54, 1.807) is 18.2 Å². The van der Waals surface area contributed by atoms with Crippen molar-refractivity contribution in [3.63, 3.8) is 0 Å². The minimum absolute atomic E-state index is 0.368. The third-order valence-electron chi connectivity index (χ3n) is 1.78. The summed E-state index contributed by atoms with van der Waals surface area (Å²) in [6, 6.07) is 5.21. The smallest absolute Gasteiger partial charge is 0.308 e. The monoisotopic (exact) mass is 194 g/mol. The van der Waals surface area contributed by atoms with Crippen molar-refractivity contribution >= 4 is 5.97 Å². The van der Waals surface area contributed by atoms with Crippen LogP contribution < -0.4 is 14.2 Å². The largest absolute Gasteiger partial charge is 0.486 e. The molecule has 1 aliphatic heterocycles. The standard InChI is InChI=1S/C10H10O4/c1-7(11)14-9-4-2-3-8-10(9)13-6-5-12-8/h2-4H,5-6H2,1H3. The topological polar surface area (TPSA) is 44.8 Å². The molecule has 2 rings (SSSR count). The van der Waals surface area contributed by atoms with Crippen LogP contribution in [0.5, 0.6) is 17.2 Å². The summed E-state index contributed by atoms with van der Waals surface area (Å²) in [5.74, 6) is 1.17. The lowest BCUT2D eigenvalue weighted by Gasteiger charge is -2.19. The predicted molar refractivity (Wildman–Crippen MR) is 48.7 cm³/mol. The molecule has 1 heterocycles. The number of carbonyl (C=O) groups excluding carboxylic acids is 1. The summed E-state index contributed by atoms with van der Waals surface area (Å²) in [6.07, 6.45) is 0. The van der Waals surface area contributed by atoms with Gasteiger partial charge in [-0.1, -0.05) is 6.07 Å². The molecule has 0 bridgehead atoms. The van der Waals surface area contributed by atoms with E-state index in [9.17, 15) is 4.79 Å². The summed E-state index contributed by atoms with van der Waals surface area (Å²) in [5.41, 5.74) is 0. The normalized spacial score (nSPS) is 13.5. The number of fused-ring (bicyclic) bond motifs is 1. The molecule has 1 aromatic carbocycles. The second-order valence-electron chi connectivity index (χ2n) is 2.87. The van der Waals surface area contributed by atoms with E-state index in [0.717, 1.165) is 0 Å². The Morgan fingerprint density at radius 2 is 2.14 bits per heavy atom. The van der Waals surface area contributed by atoms with Crippen molar-refractivity contribution in [3.8, 4) is 17.2 Å². The van der Waals surface area contributed by atoms with Gasteiger partial charge in [-0.25, -0.2) is 0 Å². The van der Waals surface area contributed by atoms with E-state index >= 15 is 0 Å². The maximum atomic E-state index is 10.8. The highest BCUT2D eigenvalue weighted by Gasteiger charge is 2.17. The Morgan fingerprint density at radius 1 is 1.36 bits per heavy atom. The summed E-state index contributed by atoms with van der Waals surface area (Å²) < 4.78 is 15.7. The number of hydrogen-bond acceptors (Lipinski definition) is 4. The predicted octanol–water partition coefficient (Wildman–Crippen LogP) is 1.38. The Hall–Kier alpha value is -1.71. The lowest BCUT2D eigenvalue weighted by molar-refractivity contribution is -0.132. The van der Waals surface area contributed by atoms with E-state index in [2.05, 4.69) is 0 Å². The Bertz CT molecular complexity index is 359. The molecule has 4 nitrogen and oxygen atoms in total. The number of carbonyl (C=O) groups is 1. The fraction of sp³-hybridized carbons (Fsp3) is 0.300.